The Bertz CT molecular complexity index is 1540. The Hall–Kier alpha value is -4.44. The Labute approximate surface area is 351 Å². The highest BCUT2D eigenvalue weighted by Gasteiger charge is 2.25. The van der Waals surface area contributed by atoms with E-state index in [0.29, 0.717) is 77.0 Å². The molecule has 330 valence electrons. The highest BCUT2D eigenvalue weighted by atomic mass is 16.6. The molecule has 1 aliphatic rings. The number of alkyl carbamates (subject to hydrolysis) is 1. The van der Waals surface area contributed by atoms with E-state index in [0.717, 1.165) is 5.56 Å². The van der Waals surface area contributed by atoms with Gasteiger partial charge in [-0.2, -0.15) is 0 Å². The van der Waals surface area contributed by atoms with Crippen LogP contribution in [-0.2, 0) is 39.9 Å². The summed E-state index contributed by atoms with van der Waals surface area (Å²) in [6.45, 7) is 22.7. The van der Waals surface area contributed by atoms with Gasteiger partial charge in [-0.3, -0.25) is 34.0 Å². The lowest BCUT2D eigenvalue weighted by molar-refractivity contribution is -0.158. The molecule has 1 fully saturated rings. The number of rotatable bonds is 16. The molecule has 15 nitrogen and oxygen atoms in total. The van der Waals surface area contributed by atoms with Gasteiger partial charge in [-0.25, -0.2) is 4.79 Å². The zero-order valence-corrected chi connectivity index (χ0v) is 36.9. The third-order valence-corrected chi connectivity index (χ3v) is 8.60. The van der Waals surface area contributed by atoms with Crippen LogP contribution in [0.3, 0.4) is 0 Å². The van der Waals surface area contributed by atoms with E-state index in [9.17, 15) is 19.2 Å². The number of benzene rings is 2. The first-order valence-electron chi connectivity index (χ1n) is 20.6. The largest absolute Gasteiger partial charge is 0.488 e. The predicted molar refractivity (Wildman–Crippen MR) is 225 cm³/mol. The lowest BCUT2D eigenvalue weighted by Gasteiger charge is -2.34. The SMILES string of the molecule is CC(C)(C)OC(=O)CN1CCN(CCOc2ccccc2OCCNC(=O)OCc2ccccc2)CCN(CC(=O)OC(C)(C)C)CCN(CC(=O)OC(C)(C)C)CC1. The molecule has 1 saturated heterocycles. The van der Waals surface area contributed by atoms with Gasteiger partial charge in [-0.15, -0.1) is 0 Å². The number of nitrogens with zero attached hydrogens (tertiary/aromatic N) is 4. The molecule has 0 radical (unpaired) electrons. The van der Waals surface area contributed by atoms with Crippen molar-refractivity contribution in [2.24, 2.45) is 0 Å². The number of amides is 1. The summed E-state index contributed by atoms with van der Waals surface area (Å²) in [6, 6.07) is 16.8. The summed E-state index contributed by atoms with van der Waals surface area (Å²) in [6.07, 6.45) is -0.527. The van der Waals surface area contributed by atoms with Crippen molar-refractivity contribution in [3.63, 3.8) is 0 Å². The Balaban J connectivity index is 1.68. The van der Waals surface area contributed by atoms with Gasteiger partial charge in [0.25, 0.3) is 0 Å². The van der Waals surface area contributed by atoms with Gasteiger partial charge in [0.05, 0.1) is 26.2 Å². The van der Waals surface area contributed by atoms with Crippen molar-refractivity contribution in [1.29, 1.82) is 0 Å². The maximum Gasteiger partial charge on any atom is 0.407 e. The molecule has 1 N–H and O–H groups in total. The van der Waals surface area contributed by atoms with Crippen LogP contribution in [0.2, 0.25) is 0 Å². The maximum absolute atomic E-state index is 13.0. The van der Waals surface area contributed by atoms with Crippen molar-refractivity contribution in [3.05, 3.63) is 60.2 Å². The van der Waals surface area contributed by atoms with Gasteiger partial charge in [0.1, 0.15) is 36.6 Å². The minimum Gasteiger partial charge on any atom is -0.488 e. The molecule has 0 aliphatic carbocycles. The Morgan fingerprint density at radius 2 is 0.898 bits per heavy atom. The van der Waals surface area contributed by atoms with Crippen LogP contribution < -0.4 is 14.8 Å². The zero-order valence-electron chi connectivity index (χ0n) is 36.9. The van der Waals surface area contributed by atoms with E-state index in [1.807, 2.05) is 122 Å². The molecule has 0 aromatic heterocycles. The van der Waals surface area contributed by atoms with Crippen LogP contribution in [0.15, 0.2) is 54.6 Å². The molecule has 15 heteroatoms. The number of carbonyl (C=O) groups is 4. The molecule has 59 heavy (non-hydrogen) atoms. The molecule has 0 atom stereocenters. The van der Waals surface area contributed by atoms with Crippen LogP contribution in [0.25, 0.3) is 0 Å². The van der Waals surface area contributed by atoms with Crippen LogP contribution >= 0.6 is 0 Å². The normalized spacial score (nSPS) is 15.9. The third-order valence-electron chi connectivity index (χ3n) is 8.60. The van der Waals surface area contributed by atoms with Gasteiger partial charge in [-0.05, 0) is 80.0 Å². The molecule has 0 saturated carbocycles. The maximum atomic E-state index is 13.0. The van der Waals surface area contributed by atoms with Gasteiger partial charge >= 0.3 is 24.0 Å². The first kappa shape index (κ1) is 48.9. The zero-order chi connectivity index (χ0) is 43.5. The molecule has 1 amide bonds. The molecule has 0 unspecified atom stereocenters. The fourth-order valence-corrected chi connectivity index (χ4v) is 6.01. The van der Waals surface area contributed by atoms with E-state index >= 15 is 0 Å². The lowest BCUT2D eigenvalue weighted by Crippen LogP contribution is -2.49. The summed E-state index contributed by atoms with van der Waals surface area (Å²) in [5.41, 5.74) is -0.983. The fraction of sp³-hybridized carbons (Fsp3) is 0.636. The number of hydrogen-bond donors (Lipinski definition) is 1. The van der Waals surface area contributed by atoms with Gasteiger partial charge in [0.15, 0.2) is 11.5 Å². The Morgan fingerprint density at radius 3 is 1.31 bits per heavy atom. The summed E-state index contributed by atoms with van der Waals surface area (Å²) >= 11 is 0. The summed E-state index contributed by atoms with van der Waals surface area (Å²) in [4.78, 5) is 59.6. The molecule has 1 aliphatic heterocycles. The second-order valence-corrected chi connectivity index (χ2v) is 17.6. The van der Waals surface area contributed by atoms with Crippen LogP contribution in [0.5, 0.6) is 11.5 Å². The van der Waals surface area contributed by atoms with Crippen molar-refractivity contribution < 1.29 is 47.6 Å². The van der Waals surface area contributed by atoms with Crippen molar-refractivity contribution in [2.45, 2.75) is 85.7 Å². The van der Waals surface area contributed by atoms with Crippen LogP contribution in [0.1, 0.15) is 67.9 Å². The molecular weight excluding hydrogens is 759 g/mol. The molecule has 0 spiro atoms. The molecule has 0 bridgehead atoms. The quantitative estimate of drug-likeness (QED) is 0.143. The number of esters is 3. The minimum atomic E-state index is -0.630. The second kappa shape index (κ2) is 24.0. The van der Waals surface area contributed by atoms with E-state index in [2.05, 4.69) is 20.0 Å². The van der Waals surface area contributed by atoms with Crippen molar-refractivity contribution >= 4 is 24.0 Å². The van der Waals surface area contributed by atoms with E-state index in [1.54, 1.807) is 0 Å². The number of para-hydroxylation sites is 2. The van der Waals surface area contributed by atoms with E-state index in [4.69, 9.17) is 28.4 Å². The number of carbonyl (C=O) groups excluding carboxylic acids is 4. The van der Waals surface area contributed by atoms with Gasteiger partial charge in [-0.1, -0.05) is 42.5 Å². The first-order valence-corrected chi connectivity index (χ1v) is 20.6. The minimum absolute atomic E-state index is 0.0737. The second-order valence-electron chi connectivity index (χ2n) is 17.6. The smallest absolute Gasteiger partial charge is 0.407 e. The monoisotopic (exact) mass is 828 g/mol. The number of hydrogen-bond acceptors (Lipinski definition) is 14. The predicted octanol–water partition coefficient (Wildman–Crippen LogP) is 4.62. The Morgan fingerprint density at radius 1 is 0.525 bits per heavy atom. The fourth-order valence-electron chi connectivity index (χ4n) is 6.01. The summed E-state index contributed by atoms with van der Waals surface area (Å²) in [5.74, 6) is 0.131. The molecule has 2 aromatic rings. The van der Waals surface area contributed by atoms with Crippen molar-refractivity contribution in [3.8, 4) is 11.5 Å². The molecular formula is C44H69N5O10. The highest BCUT2D eigenvalue weighted by Crippen LogP contribution is 2.26. The average molecular weight is 828 g/mol. The summed E-state index contributed by atoms with van der Waals surface area (Å²) < 4.78 is 34.5. The van der Waals surface area contributed by atoms with Crippen LogP contribution in [0.4, 0.5) is 4.79 Å². The van der Waals surface area contributed by atoms with Crippen molar-refractivity contribution in [1.82, 2.24) is 24.9 Å². The van der Waals surface area contributed by atoms with E-state index in [-0.39, 0.29) is 57.3 Å². The van der Waals surface area contributed by atoms with E-state index in [1.165, 1.54) is 0 Å². The molecule has 1 heterocycles. The van der Waals surface area contributed by atoms with Crippen LogP contribution in [-0.4, -0.2) is 159 Å². The van der Waals surface area contributed by atoms with E-state index < -0.39 is 22.9 Å². The summed E-state index contributed by atoms with van der Waals surface area (Å²) in [5, 5.41) is 2.71. The van der Waals surface area contributed by atoms with Gasteiger partial charge < -0.3 is 33.7 Å². The average Bonchev–Trinajstić information content (AvgIpc) is 3.12. The number of nitrogens with one attached hydrogen (secondary N) is 1. The first-order chi connectivity index (χ1) is 27.7. The van der Waals surface area contributed by atoms with Gasteiger partial charge in [0.2, 0.25) is 0 Å². The van der Waals surface area contributed by atoms with Gasteiger partial charge in [0, 0.05) is 58.9 Å². The third kappa shape index (κ3) is 22.5. The molecule has 2 aromatic carbocycles. The van der Waals surface area contributed by atoms with Crippen LogP contribution in [0, 0.1) is 0 Å². The topological polar surface area (TPSA) is 149 Å². The van der Waals surface area contributed by atoms with Crippen molar-refractivity contribution in [2.75, 3.05) is 98.3 Å². The number of ether oxygens (including phenoxy) is 6. The summed E-state index contributed by atoms with van der Waals surface area (Å²) in [7, 11) is 0. The highest BCUT2D eigenvalue weighted by molar-refractivity contribution is 5.73. The Kier molecular flexibility index (Phi) is 19.9. The lowest BCUT2D eigenvalue weighted by atomic mass is 10.2. The molecule has 3 rings (SSSR count). The standard InChI is InChI=1S/C44H69N5O10/c1-42(2,3)57-38(50)31-47-22-20-46(21-23-48(32-39(51)58-43(4,5)6)25-27-49(26-24-47)33-40(52)59-44(7,8)9)28-30-55-37-18-14-13-17-36(37)54-29-19-45-41(53)56-34-35-15-11-10-12-16-35/h10-18H,19-34H2,1-9H3,(H,45,53).